The van der Waals surface area contributed by atoms with Gasteiger partial charge in [0.15, 0.2) is 0 Å². The molecule has 1 rings (SSSR count). The summed E-state index contributed by atoms with van der Waals surface area (Å²) in [6, 6.07) is 5.55. The van der Waals surface area contributed by atoms with Gasteiger partial charge in [-0.3, -0.25) is 14.9 Å². The maximum absolute atomic E-state index is 11.7. The Balaban J connectivity index is 2.39. The van der Waals surface area contributed by atoms with Crippen LogP contribution in [0.4, 0.5) is 5.69 Å². The highest BCUT2D eigenvalue weighted by atomic mass is 35.5. The molecular formula is C13H17ClN2O3. The van der Waals surface area contributed by atoms with Crippen LogP contribution in [0.15, 0.2) is 24.3 Å². The first-order valence-corrected chi connectivity index (χ1v) is 6.66. The molecule has 0 saturated heterocycles. The van der Waals surface area contributed by atoms with Crippen LogP contribution in [-0.2, 0) is 0 Å². The fourth-order valence-corrected chi connectivity index (χ4v) is 1.72. The number of halogens is 1. The highest BCUT2D eigenvalue weighted by Crippen LogP contribution is 2.12. The molecule has 6 heteroatoms. The first-order chi connectivity index (χ1) is 9.04. The van der Waals surface area contributed by atoms with E-state index in [1.54, 1.807) is 0 Å². The van der Waals surface area contributed by atoms with Crippen LogP contribution in [0, 0.1) is 16.0 Å². The molecule has 19 heavy (non-hydrogen) atoms. The second-order valence-electron chi connectivity index (χ2n) is 4.46. The Morgan fingerprint density at radius 2 is 2.05 bits per heavy atom. The van der Waals surface area contributed by atoms with E-state index in [1.807, 2.05) is 0 Å². The summed E-state index contributed by atoms with van der Waals surface area (Å²) in [5.41, 5.74) is 0.406. The number of hydrogen-bond acceptors (Lipinski definition) is 3. The molecule has 0 bridgehead atoms. The maximum Gasteiger partial charge on any atom is 0.269 e. The van der Waals surface area contributed by atoms with Gasteiger partial charge in [0.2, 0.25) is 0 Å². The zero-order valence-electron chi connectivity index (χ0n) is 10.8. The number of amides is 1. The third-order valence-corrected chi connectivity index (χ3v) is 3.29. The largest absolute Gasteiger partial charge is 0.352 e. The van der Waals surface area contributed by atoms with Crippen molar-refractivity contribution in [2.45, 2.75) is 19.8 Å². The van der Waals surface area contributed by atoms with Crippen LogP contribution >= 0.6 is 11.6 Å². The number of non-ortho nitro benzene ring substituents is 1. The van der Waals surface area contributed by atoms with E-state index < -0.39 is 4.92 Å². The SMILES string of the molecule is CC(CCl)CCCNC(=O)c1ccc([N+](=O)[O-])cc1. The van der Waals surface area contributed by atoms with Crippen LogP contribution < -0.4 is 5.32 Å². The van der Waals surface area contributed by atoms with Crippen LogP contribution in [-0.4, -0.2) is 23.3 Å². The lowest BCUT2D eigenvalue weighted by Crippen LogP contribution is -2.24. The Labute approximate surface area is 117 Å². The molecule has 0 aliphatic carbocycles. The first-order valence-electron chi connectivity index (χ1n) is 6.13. The van der Waals surface area contributed by atoms with Gasteiger partial charge in [0, 0.05) is 30.1 Å². The summed E-state index contributed by atoms with van der Waals surface area (Å²) in [4.78, 5) is 21.7. The second-order valence-corrected chi connectivity index (χ2v) is 4.77. The lowest BCUT2D eigenvalue weighted by atomic mass is 10.1. The molecule has 0 aromatic heterocycles. The van der Waals surface area contributed by atoms with Crippen molar-refractivity contribution in [1.29, 1.82) is 0 Å². The molecule has 0 aliphatic rings. The van der Waals surface area contributed by atoms with Gasteiger partial charge in [-0.05, 0) is 30.9 Å². The third kappa shape index (κ3) is 5.26. The normalized spacial score (nSPS) is 11.9. The molecule has 1 unspecified atom stereocenters. The number of hydrogen-bond donors (Lipinski definition) is 1. The Kier molecular flexibility index (Phi) is 6.29. The number of nitrogens with zero attached hydrogens (tertiary/aromatic N) is 1. The van der Waals surface area contributed by atoms with E-state index in [4.69, 9.17) is 11.6 Å². The molecule has 0 heterocycles. The van der Waals surface area contributed by atoms with Crippen LogP contribution in [0.5, 0.6) is 0 Å². The molecule has 5 nitrogen and oxygen atoms in total. The highest BCUT2D eigenvalue weighted by molar-refractivity contribution is 6.18. The van der Waals surface area contributed by atoms with Crippen molar-refractivity contribution < 1.29 is 9.72 Å². The Morgan fingerprint density at radius 1 is 1.42 bits per heavy atom. The topological polar surface area (TPSA) is 72.2 Å². The number of rotatable bonds is 7. The number of nitro groups is 1. The van der Waals surface area contributed by atoms with E-state index in [0.717, 1.165) is 12.8 Å². The standard InChI is InChI=1S/C13H17ClN2O3/c1-10(9-14)3-2-8-15-13(17)11-4-6-12(7-5-11)16(18)19/h4-7,10H,2-3,8-9H2,1H3,(H,15,17). The average Bonchev–Trinajstić information content (AvgIpc) is 2.43. The van der Waals surface area contributed by atoms with Gasteiger partial charge in [0.25, 0.3) is 11.6 Å². The molecule has 1 aromatic rings. The van der Waals surface area contributed by atoms with Gasteiger partial charge in [-0.15, -0.1) is 11.6 Å². The monoisotopic (exact) mass is 284 g/mol. The smallest absolute Gasteiger partial charge is 0.269 e. The van der Waals surface area contributed by atoms with Gasteiger partial charge < -0.3 is 5.32 Å². The van der Waals surface area contributed by atoms with E-state index in [0.29, 0.717) is 23.9 Å². The molecule has 0 spiro atoms. The Morgan fingerprint density at radius 3 is 2.58 bits per heavy atom. The van der Waals surface area contributed by atoms with E-state index >= 15 is 0 Å². The molecule has 1 atom stereocenters. The number of carbonyl (C=O) groups excluding carboxylic acids is 1. The molecule has 1 aromatic carbocycles. The van der Waals surface area contributed by atoms with Gasteiger partial charge in [-0.25, -0.2) is 0 Å². The summed E-state index contributed by atoms with van der Waals surface area (Å²) in [7, 11) is 0. The summed E-state index contributed by atoms with van der Waals surface area (Å²) in [6.45, 7) is 2.64. The van der Waals surface area contributed by atoms with Crippen molar-refractivity contribution in [2.75, 3.05) is 12.4 Å². The number of nitro benzene ring substituents is 1. The van der Waals surface area contributed by atoms with Crippen molar-refractivity contribution in [1.82, 2.24) is 5.32 Å². The fourth-order valence-electron chi connectivity index (χ4n) is 1.57. The minimum atomic E-state index is -0.491. The van der Waals surface area contributed by atoms with Gasteiger partial charge >= 0.3 is 0 Å². The maximum atomic E-state index is 11.7. The molecule has 0 saturated carbocycles. The summed E-state index contributed by atoms with van der Waals surface area (Å²) in [5.74, 6) is 0.849. The number of benzene rings is 1. The van der Waals surface area contributed by atoms with Gasteiger partial charge in [-0.2, -0.15) is 0 Å². The first kappa shape index (κ1) is 15.4. The van der Waals surface area contributed by atoms with Gasteiger partial charge in [0.1, 0.15) is 0 Å². The predicted octanol–water partition coefficient (Wildman–Crippen LogP) is 2.98. The highest BCUT2D eigenvalue weighted by Gasteiger charge is 2.09. The molecule has 1 N–H and O–H groups in total. The quantitative estimate of drug-likeness (QED) is 0.362. The molecule has 104 valence electrons. The second kappa shape index (κ2) is 7.74. The van der Waals surface area contributed by atoms with Crippen molar-refractivity contribution in [3.63, 3.8) is 0 Å². The zero-order chi connectivity index (χ0) is 14.3. The number of carbonyl (C=O) groups is 1. The number of alkyl halides is 1. The van der Waals surface area contributed by atoms with E-state index in [-0.39, 0.29) is 11.6 Å². The fraction of sp³-hybridized carbons (Fsp3) is 0.462. The van der Waals surface area contributed by atoms with E-state index in [2.05, 4.69) is 12.2 Å². The number of nitrogens with one attached hydrogen (secondary N) is 1. The van der Waals surface area contributed by atoms with E-state index in [1.165, 1.54) is 24.3 Å². The van der Waals surface area contributed by atoms with E-state index in [9.17, 15) is 14.9 Å². The summed E-state index contributed by atoms with van der Waals surface area (Å²) in [5, 5.41) is 13.3. The average molecular weight is 285 g/mol. The summed E-state index contributed by atoms with van der Waals surface area (Å²) < 4.78 is 0. The van der Waals surface area contributed by atoms with Crippen LogP contribution in [0.25, 0.3) is 0 Å². The Bertz CT molecular complexity index is 434. The predicted molar refractivity (Wildman–Crippen MR) is 74.5 cm³/mol. The van der Waals surface area contributed by atoms with Crippen LogP contribution in [0.1, 0.15) is 30.1 Å². The third-order valence-electron chi connectivity index (χ3n) is 2.76. The molecular weight excluding hydrogens is 268 g/mol. The van der Waals surface area contributed by atoms with Crippen molar-refractivity contribution in [3.8, 4) is 0 Å². The van der Waals surface area contributed by atoms with Crippen LogP contribution in [0.3, 0.4) is 0 Å². The van der Waals surface area contributed by atoms with Crippen molar-refractivity contribution in [3.05, 3.63) is 39.9 Å². The lowest BCUT2D eigenvalue weighted by Gasteiger charge is -2.08. The van der Waals surface area contributed by atoms with Gasteiger partial charge in [-0.1, -0.05) is 6.92 Å². The summed E-state index contributed by atoms with van der Waals surface area (Å²) >= 11 is 5.69. The van der Waals surface area contributed by atoms with Crippen molar-refractivity contribution >= 4 is 23.2 Å². The van der Waals surface area contributed by atoms with Gasteiger partial charge in [0.05, 0.1) is 4.92 Å². The lowest BCUT2D eigenvalue weighted by molar-refractivity contribution is -0.384. The minimum absolute atomic E-state index is 0.0208. The molecule has 0 radical (unpaired) electrons. The minimum Gasteiger partial charge on any atom is -0.352 e. The molecule has 0 aliphatic heterocycles. The van der Waals surface area contributed by atoms with Crippen LogP contribution in [0.2, 0.25) is 0 Å². The van der Waals surface area contributed by atoms with Crippen molar-refractivity contribution in [2.24, 2.45) is 5.92 Å². The molecule has 1 amide bonds. The molecule has 0 fully saturated rings. The zero-order valence-corrected chi connectivity index (χ0v) is 11.5. The Hall–Kier alpha value is -1.62. The summed E-state index contributed by atoms with van der Waals surface area (Å²) in [6.07, 6.45) is 1.83.